The van der Waals surface area contributed by atoms with E-state index in [0.717, 1.165) is 12.1 Å². The van der Waals surface area contributed by atoms with Crippen molar-refractivity contribution in [1.29, 1.82) is 0 Å². The molecule has 2 aromatic rings. The molecule has 21 heavy (non-hydrogen) atoms. The van der Waals surface area contributed by atoms with Crippen molar-refractivity contribution in [2.24, 2.45) is 0 Å². The predicted molar refractivity (Wildman–Crippen MR) is 65.5 cm³/mol. The Morgan fingerprint density at radius 1 is 1.38 bits per heavy atom. The van der Waals surface area contributed by atoms with Gasteiger partial charge >= 0.3 is 12.1 Å². The Morgan fingerprint density at radius 2 is 2.05 bits per heavy atom. The number of methoxy groups -OCH3 is 1. The third-order valence-electron chi connectivity index (χ3n) is 2.57. The van der Waals surface area contributed by atoms with Crippen LogP contribution in [0.4, 0.5) is 13.2 Å². The Morgan fingerprint density at radius 3 is 2.52 bits per heavy atom. The number of ether oxygens (including phenoxy) is 1. The van der Waals surface area contributed by atoms with Gasteiger partial charge in [0.25, 0.3) is 0 Å². The normalized spacial score (nSPS) is 11.5. The van der Waals surface area contributed by atoms with Crippen LogP contribution in [0, 0.1) is 0 Å². The van der Waals surface area contributed by atoms with Crippen LogP contribution in [0.2, 0.25) is 5.02 Å². The van der Waals surface area contributed by atoms with Gasteiger partial charge in [0.1, 0.15) is 11.4 Å². The number of hydrogen-bond acceptors (Lipinski definition) is 4. The summed E-state index contributed by atoms with van der Waals surface area (Å²) in [5.74, 6) is -1.97. The molecule has 0 unspecified atom stereocenters. The van der Waals surface area contributed by atoms with Gasteiger partial charge in [-0.1, -0.05) is 16.8 Å². The van der Waals surface area contributed by atoms with Crippen LogP contribution in [-0.2, 0) is 6.18 Å². The fourth-order valence-electron chi connectivity index (χ4n) is 1.66. The van der Waals surface area contributed by atoms with Crippen molar-refractivity contribution >= 4 is 17.6 Å². The Bertz CT molecular complexity index is 696. The number of nitrogens with zero attached hydrogens (tertiary/aromatic N) is 1. The van der Waals surface area contributed by atoms with Crippen LogP contribution in [0.25, 0.3) is 11.3 Å². The molecule has 1 aromatic carbocycles. The second-order valence-corrected chi connectivity index (χ2v) is 4.33. The van der Waals surface area contributed by atoms with E-state index in [1.165, 1.54) is 7.11 Å². The lowest BCUT2D eigenvalue weighted by molar-refractivity contribution is -0.137. The zero-order chi connectivity index (χ0) is 15.8. The Balaban J connectivity index is 2.64. The quantitative estimate of drug-likeness (QED) is 0.932. The smallest absolute Gasteiger partial charge is 0.416 e. The third-order valence-corrected chi connectivity index (χ3v) is 2.85. The van der Waals surface area contributed by atoms with E-state index in [9.17, 15) is 18.0 Å². The van der Waals surface area contributed by atoms with Crippen molar-refractivity contribution in [2.45, 2.75) is 6.18 Å². The molecule has 1 heterocycles. The summed E-state index contributed by atoms with van der Waals surface area (Å²) in [6, 6.07) is 2.45. The molecular formula is C12H7ClF3NO4. The fourth-order valence-corrected chi connectivity index (χ4v) is 1.95. The Hall–Kier alpha value is -2.22. The topological polar surface area (TPSA) is 72.6 Å². The maximum atomic E-state index is 12.8. The molecule has 0 aliphatic rings. The molecule has 0 radical (unpaired) electrons. The van der Waals surface area contributed by atoms with Gasteiger partial charge in [0.15, 0.2) is 0 Å². The highest BCUT2D eigenvalue weighted by Gasteiger charge is 2.33. The second kappa shape index (κ2) is 5.28. The molecule has 0 aliphatic carbocycles. The van der Waals surface area contributed by atoms with Crippen LogP contribution in [0.5, 0.6) is 5.75 Å². The highest BCUT2D eigenvalue weighted by Crippen LogP contribution is 2.41. The molecule has 0 saturated carbocycles. The standard InChI is InChI=1S/C12H7ClF3NO4/c1-20-10-6(8-4-9(11(18)19)21-17-8)2-5(3-7(10)13)12(14,15)16/h2-4H,1H3,(H,18,19). The lowest BCUT2D eigenvalue weighted by atomic mass is 10.1. The van der Waals surface area contributed by atoms with E-state index >= 15 is 0 Å². The SMILES string of the molecule is COc1c(Cl)cc(C(F)(F)F)cc1-c1cc(C(=O)O)on1. The van der Waals surface area contributed by atoms with Gasteiger partial charge in [0.05, 0.1) is 17.7 Å². The highest BCUT2D eigenvalue weighted by atomic mass is 35.5. The molecule has 112 valence electrons. The number of rotatable bonds is 3. The fraction of sp³-hybridized carbons (Fsp3) is 0.167. The minimum absolute atomic E-state index is 0.0603. The summed E-state index contributed by atoms with van der Waals surface area (Å²) in [6.45, 7) is 0. The molecule has 0 atom stereocenters. The van der Waals surface area contributed by atoms with E-state index in [-0.39, 0.29) is 22.0 Å². The minimum Gasteiger partial charge on any atom is -0.494 e. The average molecular weight is 322 g/mol. The van der Waals surface area contributed by atoms with E-state index in [0.29, 0.717) is 6.07 Å². The molecule has 1 aromatic heterocycles. The number of halogens is 4. The first-order valence-electron chi connectivity index (χ1n) is 5.39. The van der Waals surface area contributed by atoms with Gasteiger partial charge in [0, 0.05) is 11.6 Å². The van der Waals surface area contributed by atoms with Gasteiger partial charge in [-0.15, -0.1) is 0 Å². The van der Waals surface area contributed by atoms with Crippen LogP contribution >= 0.6 is 11.6 Å². The van der Waals surface area contributed by atoms with E-state index in [2.05, 4.69) is 9.68 Å². The predicted octanol–water partition coefficient (Wildman–Crippen LogP) is 3.72. The van der Waals surface area contributed by atoms with E-state index in [1.54, 1.807) is 0 Å². The van der Waals surface area contributed by atoms with Gasteiger partial charge in [0.2, 0.25) is 5.76 Å². The van der Waals surface area contributed by atoms with Crippen molar-refractivity contribution in [3.8, 4) is 17.0 Å². The first-order chi connectivity index (χ1) is 9.74. The summed E-state index contributed by atoms with van der Waals surface area (Å²) in [7, 11) is 1.22. The molecular weight excluding hydrogens is 315 g/mol. The van der Waals surface area contributed by atoms with E-state index < -0.39 is 23.5 Å². The summed E-state index contributed by atoms with van der Waals surface area (Å²) in [5.41, 5.74) is -1.26. The molecule has 0 bridgehead atoms. The number of benzene rings is 1. The maximum absolute atomic E-state index is 12.8. The van der Waals surface area contributed by atoms with Crippen LogP contribution in [-0.4, -0.2) is 23.3 Å². The van der Waals surface area contributed by atoms with Gasteiger partial charge in [-0.25, -0.2) is 4.79 Å². The molecule has 2 rings (SSSR count). The summed E-state index contributed by atoms with van der Waals surface area (Å²) in [5, 5.41) is 11.9. The van der Waals surface area contributed by atoms with Crippen LogP contribution < -0.4 is 4.74 Å². The van der Waals surface area contributed by atoms with Crippen molar-refractivity contribution in [3.05, 3.63) is 34.5 Å². The van der Waals surface area contributed by atoms with Crippen LogP contribution in [0.3, 0.4) is 0 Å². The van der Waals surface area contributed by atoms with Crippen molar-refractivity contribution in [1.82, 2.24) is 5.16 Å². The number of hydrogen-bond donors (Lipinski definition) is 1. The van der Waals surface area contributed by atoms with Gasteiger partial charge in [-0.05, 0) is 12.1 Å². The molecule has 0 spiro atoms. The molecule has 9 heteroatoms. The molecule has 0 saturated heterocycles. The number of aromatic carboxylic acids is 1. The average Bonchev–Trinajstić information content (AvgIpc) is 2.86. The highest BCUT2D eigenvalue weighted by molar-refractivity contribution is 6.32. The molecule has 1 N–H and O–H groups in total. The second-order valence-electron chi connectivity index (χ2n) is 3.92. The first-order valence-corrected chi connectivity index (χ1v) is 5.77. The number of carbonyl (C=O) groups is 1. The molecule has 0 amide bonds. The summed E-state index contributed by atoms with van der Waals surface area (Å²) < 4.78 is 47.8. The van der Waals surface area contributed by atoms with Crippen molar-refractivity contribution in [2.75, 3.05) is 7.11 Å². The lowest BCUT2D eigenvalue weighted by Gasteiger charge is -2.13. The van der Waals surface area contributed by atoms with Gasteiger partial charge in [-0.2, -0.15) is 13.2 Å². The van der Waals surface area contributed by atoms with Crippen molar-refractivity contribution < 1.29 is 32.3 Å². The maximum Gasteiger partial charge on any atom is 0.416 e. The van der Waals surface area contributed by atoms with Crippen LogP contribution in [0.1, 0.15) is 16.1 Å². The third kappa shape index (κ3) is 2.94. The zero-order valence-corrected chi connectivity index (χ0v) is 11.1. The van der Waals surface area contributed by atoms with Gasteiger partial charge in [-0.3, -0.25) is 0 Å². The number of aromatic nitrogens is 1. The Kier molecular flexibility index (Phi) is 3.82. The minimum atomic E-state index is -4.62. The van der Waals surface area contributed by atoms with Gasteiger partial charge < -0.3 is 14.4 Å². The summed E-state index contributed by atoms with van der Waals surface area (Å²) in [4.78, 5) is 10.7. The number of alkyl halides is 3. The van der Waals surface area contributed by atoms with E-state index in [4.69, 9.17) is 21.4 Å². The molecule has 0 fully saturated rings. The largest absolute Gasteiger partial charge is 0.494 e. The zero-order valence-electron chi connectivity index (χ0n) is 10.4. The Labute approximate surface area is 120 Å². The molecule has 5 nitrogen and oxygen atoms in total. The number of carboxylic acids is 1. The summed E-state index contributed by atoms with van der Waals surface area (Å²) in [6.07, 6.45) is -4.62. The van der Waals surface area contributed by atoms with Crippen molar-refractivity contribution in [3.63, 3.8) is 0 Å². The lowest BCUT2D eigenvalue weighted by Crippen LogP contribution is -2.06. The number of carboxylic acid groups (broad SMARTS) is 1. The van der Waals surface area contributed by atoms with Crippen LogP contribution in [0.15, 0.2) is 22.7 Å². The van der Waals surface area contributed by atoms with E-state index in [1.807, 2.05) is 0 Å². The first kappa shape index (κ1) is 15.2. The molecule has 0 aliphatic heterocycles. The monoisotopic (exact) mass is 321 g/mol. The summed E-state index contributed by atoms with van der Waals surface area (Å²) >= 11 is 5.76.